The maximum absolute atomic E-state index is 4.84. The zero-order valence-electron chi connectivity index (χ0n) is 13.1. The van der Waals surface area contributed by atoms with E-state index in [2.05, 4.69) is 78.4 Å². The van der Waals surface area contributed by atoms with Crippen molar-refractivity contribution in [3.8, 4) is 17.1 Å². The van der Waals surface area contributed by atoms with Crippen molar-refractivity contribution in [2.45, 2.75) is 13.3 Å². The van der Waals surface area contributed by atoms with Crippen LogP contribution in [-0.2, 0) is 6.42 Å². The van der Waals surface area contributed by atoms with Crippen molar-refractivity contribution in [3.63, 3.8) is 0 Å². The summed E-state index contributed by atoms with van der Waals surface area (Å²) in [6.07, 6.45) is 3.13. The normalized spacial score (nSPS) is 11.0. The molecule has 2 heteroatoms. The monoisotopic (exact) mass is 298 g/mol. The number of rotatable bonds is 3. The van der Waals surface area contributed by atoms with E-state index in [0.717, 1.165) is 17.8 Å². The molecule has 0 atom stereocenters. The lowest BCUT2D eigenvalue weighted by Crippen LogP contribution is -2.00. The molecule has 0 N–H and O–H groups in total. The van der Waals surface area contributed by atoms with Crippen LogP contribution in [0.25, 0.3) is 28.0 Å². The number of nitrogens with zero attached hydrogens (tertiary/aromatic N) is 2. The van der Waals surface area contributed by atoms with Crippen molar-refractivity contribution in [2.24, 2.45) is 0 Å². The molecule has 2 nitrogen and oxygen atoms in total. The molecule has 0 aliphatic carbocycles. The first-order chi connectivity index (χ1) is 11.4. The molecule has 0 radical (unpaired) electrons. The fraction of sp³-hybridized carbons (Fsp3) is 0.0952. The number of hydrogen-bond donors (Lipinski definition) is 0. The Balaban J connectivity index is 1.93. The van der Waals surface area contributed by atoms with Crippen molar-refractivity contribution in [3.05, 3.63) is 84.6 Å². The topological polar surface area (TPSA) is 17.8 Å². The van der Waals surface area contributed by atoms with Gasteiger partial charge in [-0.25, -0.2) is 4.98 Å². The first-order valence-corrected chi connectivity index (χ1v) is 7.98. The molecule has 0 aliphatic rings. The van der Waals surface area contributed by atoms with Crippen LogP contribution in [0.1, 0.15) is 12.5 Å². The third-order valence-electron chi connectivity index (χ3n) is 4.23. The van der Waals surface area contributed by atoms with E-state index in [1.165, 1.54) is 22.2 Å². The summed E-state index contributed by atoms with van der Waals surface area (Å²) in [5, 5.41) is 1.17. The minimum atomic E-state index is 0.960. The highest BCUT2D eigenvalue weighted by atomic mass is 15.1. The van der Waals surface area contributed by atoms with Gasteiger partial charge in [-0.1, -0.05) is 55.5 Å². The molecule has 0 saturated heterocycles. The minimum absolute atomic E-state index is 0.960. The molecule has 0 spiro atoms. The van der Waals surface area contributed by atoms with E-state index in [9.17, 15) is 0 Å². The Kier molecular flexibility index (Phi) is 3.43. The third kappa shape index (κ3) is 2.42. The van der Waals surface area contributed by atoms with Crippen LogP contribution in [0, 0.1) is 0 Å². The summed E-state index contributed by atoms with van der Waals surface area (Å²) in [4.78, 5) is 4.84. The lowest BCUT2D eigenvalue weighted by atomic mass is 10.1. The van der Waals surface area contributed by atoms with Gasteiger partial charge in [0.2, 0.25) is 0 Å². The molecule has 112 valence electrons. The Morgan fingerprint density at radius 1 is 0.826 bits per heavy atom. The Morgan fingerprint density at radius 2 is 1.61 bits per heavy atom. The lowest BCUT2D eigenvalue weighted by Gasteiger charge is -2.11. The van der Waals surface area contributed by atoms with E-state index in [1.807, 2.05) is 12.1 Å². The number of aromatic nitrogens is 2. The van der Waals surface area contributed by atoms with Crippen molar-refractivity contribution in [1.29, 1.82) is 0 Å². The Morgan fingerprint density at radius 3 is 2.43 bits per heavy atom. The fourth-order valence-corrected chi connectivity index (χ4v) is 3.06. The van der Waals surface area contributed by atoms with E-state index in [4.69, 9.17) is 4.98 Å². The van der Waals surface area contributed by atoms with Crippen molar-refractivity contribution >= 4 is 10.9 Å². The molecule has 4 rings (SSSR count). The van der Waals surface area contributed by atoms with Crippen LogP contribution >= 0.6 is 0 Å². The van der Waals surface area contributed by atoms with Crippen LogP contribution in [-0.4, -0.2) is 9.55 Å². The van der Waals surface area contributed by atoms with E-state index in [-0.39, 0.29) is 0 Å². The molecule has 4 aromatic rings. The highest BCUT2D eigenvalue weighted by Gasteiger charge is 2.12. The van der Waals surface area contributed by atoms with Gasteiger partial charge in [0.1, 0.15) is 5.82 Å². The second kappa shape index (κ2) is 5.73. The standard InChI is InChI=1S/C21H18N2/c1-2-16-14-15-23(21(16)18-9-4-3-5-10-18)20-13-12-17-8-6-7-11-19(17)22-20/h3-15H,2H2,1H3. The van der Waals surface area contributed by atoms with Gasteiger partial charge in [-0.2, -0.15) is 0 Å². The fourth-order valence-electron chi connectivity index (χ4n) is 3.06. The van der Waals surface area contributed by atoms with Gasteiger partial charge in [0.05, 0.1) is 11.2 Å². The van der Waals surface area contributed by atoms with Gasteiger partial charge in [0, 0.05) is 11.6 Å². The molecule has 0 bridgehead atoms. The smallest absolute Gasteiger partial charge is 0.137 e. The number of aryl methyl sites for hydroxylation is 1. The van der Waals surface area contributed by atoms with Crippen LogP contribution in [0.5, 0.6) is 0 Å². The second-order valence-corrected chi connectivity index (χ2v) is 5.64. The van der Waals surface area contributed by atoms with E-state index in [0.29, 0.717) is 0 Å². The molecule has 0 amide bonds. The number of benzene rings is 2. The van der Waals surface area contributed by atoms with Crippen LogP contribution in [0.4, 0.5) is 0 Å². The van der Waals surface area contributed by atoms with Gasteiger partial charge < -0.3 is 4.57 Å². The van der Waals surface area contributed by atoms with Crippen molar-refractivity contribution in [1.82, 2.24) is 9.55 Å². The van der Waals surface area contributed by atoms with Crippen LogP contribution in [0.3, 0.4) is 0 Å². The van der Waals surface area contributed by atoms with Gasteiger partial charge in [-0.3, -0.25) is 0 Å². The van der Waals surface area contributed by atoms with Crippen LogP contribution in [0.2, 0.25) is 0 Å². The van der Waals surface area contributed by atoms with E-state index < -0.39 is 0 Å². The first-order valence-electron chi connectivity index (χ1n) is 7.98. The minimum Gasteiger partial charge on any atom is -0.301 e. The predicted molar refractivity (Wildman–Crippen MR) is 95.9 cm³/mol. The summed E-state index contributed by atoms with van der Waals surface area (Å²) in [6, 6.07) is 25.2. The molecule has 0 saturated carbocycles. The number of pyridine rings is 1. The number of hydrogen-bond acceptors (Lipinski definition) is 1. The summed E-state index contributed by atoms with van der Waals surface area (Å²) in [5.41, 5.74) is 4.82. The average Bonchev–Trinajstić information content (AvgIpc) is 3.06. The second-order valence-electron chi connectivity index (χ2n) is 5.64. The van der Waals surface area contributed by atoms with Crippen LogP contribution < -0.4 is 0 Å². The molecule has 0 fully saturated rings. The lowest BCUT2D eigenvalue weighted by molar-refractivity contribution is 1.02. The molecule has 2 aromatic heterocycles. The van der Waals surface area contributed by atoms with Gasteiger partial charge in [0.15, 0.2) is 0 Å². The average molecular weight is 298 g/mol. The van der Waals surface area contributed by atoms with Crippen molar-refractivity contribution in [2.75, 3.05) is 0 Å². The van der Waals surface area contributed by atoms with Crippen LogP contribution in [0.15, 0.2) is 79.0 Å². The van der Waals surface area contributed by atoms with E-state index in [1.54, 1.807) is 0 Å². The highest BCUT2D eigenvalue weighted by Crippen LogP contribution is 2.28. The Hall–Kier alpha value is -2.87. The first kappa shape index (κ1) is 13.8. The summed E-state index contributed by atoms with van der Waals surface area (Å²) in [5.74, 6) is 0.960. The van der Waals surface area contributed by atoms with Gasteiger partial charge in [-0.05, 0) is 41.8 Å². The zero-order chi connectivity index (χ0) is 15.6. The quantitative estimate of drug-likeness (QED) is 0.505. The predicted octanol–water partition coefficient (Wildman–Crippen LogP) is 5.25. The number of para-hydroxylation sites is 1. The third-order valence-corrected chi connectivity index (χ3v) is 4.23. The Labute approximate surface area is 136 Å². The molecule has 0 unspecified atom stereocenters. The molecule has 2 aromatic carbocycles. The maximum atomic E-state index is 4.84. The molecular weight excluding hydrogens is 280 g/mol. The van der Waals surface area contributed by atoms with Crippen molar-refractivity contribution < 1.29 is 0 Å². The summed E-state index contributed by atoms with van der Waals surface area (Å²) in [6.45, 7) is 2.19. The summed E-state index contributed by atoms with van der Waals surface area (Å²) < 4.78 is 2.20. The largest absolute Gasteiger partial charge is 0.301 e. The molecular formula is C21H18N2. The Bertz CT molecular complexity index is 952. The number of fused-ring (bicyclic) bond motifs is 1. The van der Waals surface area contributed by atoms with Gasteiger partial charge in [0.25, 0.3) is 0 Å². The van der Waals surface area contributed by atoms with E-state index >= 15 is 0 Å². The summed E-state index contributed by atoms with van der Waals surface area (Å²) >= 11 is 0. The van der Waals surface area contributed by atoms with Gasteiger partial charge >= 0.3 is 0 Å². The zero-order valence-corrected chi connectivity index (χ0v) is 13.1. The maximum Gasteiger partial charge on any atom is 0.137 e. The van der Waals surface area contributed by atoms with Gasteiger partial charge in [-0.15, -0.1) is 0 Å². The highest BCUT2D eigenvalue weighted by molar-refractivity contribution is 5.79. The molecule has 2 heterocycles. The SMILES string of the molecule is CCc1ccn(-c2ccc3ccccc3n2)c1-c1ccccc1. The summed E-state index contributed by atoms with van der Waals surface area (Å²) in [7, 11) is 0. The molecule has 23 heavy (non-hydrogen) atoms. The molecule has 0 aliphatic heterocycles.